The number of aromatic nitrogens is 1. The van der Waals surface area contributed by atoms with Gasteiger partial charge in [-0.1, -0.05) is 18.2 Å². The van der Waals surface area contributed by atoms with Gasteiger partial charge in [0.05, 0.1) is 17.7 Å². The molecule has 0 spiro atoms. The van der Waals surface area contributed by atoms with Crippen molar-refractivity contribution in [2.45, 2.75) is 24.9 Å². The van der Waals surface area contributed by atoms with Gasteiger partial charge in [0.1, 0.15) is 5.82 Å². The third-order valence-electron chi connectivity index (χ3n) is 5.69. The maximum Gasteiger partial charge on any atom is 0.251 e. The Morgan fingerprint density at radius 1 is 1.06 bits per heavy atom. The summed E-state index contributed by atoms with van der Waals surface area (Å²) in [4.78, 5) is 19.1. The molecule has 1 atom stereocenters. The fraction of sp³-hybridized carbons (Fsp3) is 0.240. The summed E-state index contributed by atoms with van der Waals surface area (Å²) in [6.45, 7) is 1.63. The van der Waals surface area contributed by atoms with E-state index in [9.17, 15) is 9.18 Å². The molecule has 3 aromatic rings. The van der Waals surface area contributed by atoms with Crippen LogP contribution in [0.25, 0.3) is 0 Å². The summed E-state index contributed by atoms with van der Waals surface area (Å²) >= 11 is 0. The first kappa shape index (κ1) is 20.7. The summed E-state index contributed by atoms with van der Waals surface area (Å²) in [6.07, 6.45) is 5.28. The van der Waals surface area contributed by atoms with Gasteiger partial charge < -0.3 is 5.32 Å². The van der Waals surface area contributed by atoms with Crippen LogP contribution in [0.15, 0.2) is 73.1 Å². The van der Waals surface area contributed by atoms with Crippen LogP contribution >= 0.6 is 0 Å². The fourth-order valence-electron chi connectivity index (χ4n) is 4.06. The first-order valence-corrected chi connectivity index (χ1v) is 10.3. The summed E-state index contributed by atoms with van der Waals surface area (Å²) in [7, 11) is 0. The standard InChI is InChI=1S/C25H23FN4O/c26-22-9-7-20(8-10-22)25(31)29-23-11-14-30(15-12-23)24(21-2-1-13-28-17-21)19-5-3-18(16-27)4-6-19/h1-10,13,17,23-24H,11-12,14-15H2,(H,29,31). The van der Waals surface area contributed by atoms with E-state index in [1.807, 2.05) is 36.5 Å². The second-order valence-corrected chi connectivity index (χ2v) is 7.71. The fourth-order valence-corrected chi connectivity index (χ4v) is 4.06. The van der Waals surface area contributed by atoms with Gasteiger partial charge in [0.2, 0.25) is 0 Å². The van der Waals surface area contributed by atoms with Crippen LogP contribution in [0.4, 0.5) is 4.39 Å². The zero-order valence-electron chi connectivity index (χ0n) is 17.0. The van der Waals surface area contributed by atoms with Crippen molar-refractivity contribution in [3.63, 3.8) is 0 Å². The second-order valence-electron chi connectivity index (χ2n) is 7.71. The lowest BCUT2D eigenvalue weighted by atomic mass is 9.94. The van der Waals surface area contributed by atoms with Crippen molar-refractivity contribution in [2.75, 3.05) is 13.1 Å². The Morgan fingerprint density at radius 3 is 2.39 bits per heavy atom. The largest absolute Gasteiger partial charge is 0.349 e. The van der Waals surface area contributed by atoms with Crippen LogP contribution in [-0.4, -0.2) is 34.9 Å². The normalized spacial score (nSPS) is 15.7. The molecule has 1 aromatic heterocycles. The van der Waals surface area contributed by atoms with Gasteiger partial charge in [0.25, 0.3) is 5.91 Å². The quantitative estimate of drug-likeness (QED) is 0.683. The van der Waals surface area contributed by atoms with Crippen molar-refractivity contribution in [2.24, 2.45) is 0 Å². The van der Waals surface area contributed by atoms with Crippen LogP contribution in [0, 0.1) is 17.1 Å². The summed E-state index contributed by atoms with van der Waals surface area (Å²) in [5, 5.41) is 12.2. The Labute approximate surface area is 181 Å². The van der Waals surface area contributed by atoms with Gasteiger partial charge in [-0.3, -0.25) is 14.7 Å². The van der Waals surface area contributed by atoms with E-state index in [1.165, 1.54) is 24.3 Å². The first-order chi connectivity index (χ1) is 15.1. The molecule has 1 amide bonds. The van der Waals surface area contributed by atoms with Crippen molar-refractivity contribution in [3.8, 4) is 6.07 Å². The van der Waals surface area contributed by atoms with Gasteiger partial charge in [-0.25, -0.2) is 4.39 Å². The highest BCUT2D eigenvalue weighted by Crippen LogP contribution is 2.31. The molecular formula is C25H23FN4O. The summed E-state index contributed by atoms with van der Waals surface area (Å²) in [5.74, 6) is -0.525. The monoisotopic (exact) mass is 414 g/mol. The number of likely N-dealkylation sites (tertiary alicyclic amines) is 1. The van der Waals surface area contributed by atoms with Gasteiger partial charge in [-0.05, 0) is 66.4 Å². The molecule has 5 nitrogen and oxygen atoms in total. The zero-order chi connectivity index (χ0) is 21.6. The van der Waals surface area contributed by atoms with Gasteiger partial charge in [-0.15, -0.1) is 0 Å². The molecule has 1 aliphatic rings. The van der Waals surface area contributed by atoms with Crippen molar-refractivity contribution in [1.82, 2.24) is 15.2 Å². The molecule has 1 saturated heterocycles. The predicted molar refractivity (Wildman–Crippen MR) is 116 cm³/mol. The molecule has 0 saturated carbocycles. The maximum absolute atomic E-state index is 13.1. The number of carbonyl (C=O) groups excluding carboxylic acids is 1. The molecule has 2 heterocycles. The van der Waals surface area contributed by atoms with Crippen molar-refractivity contribution in [3.05, 3.63) is 101 Å². The third kappa shape index (κ3) is 4.96. The number of nitriles is 1. The van der Waals surface area contributed by atoms with Crippen LogP contribution in [-0.2, 0) is 0 Å². The zero-order valence-corrected chi connectivity index (χ0v) is 17.0. The highest BCUT2D eigenvalue weighted by Gasteiger charge is 2.28. The molecule has 4 rings (SSSR count). The van der Waals surface area contributed by atoms with Crippen LogP contribution in [0.1, 0.15) is 45.9 Å². The Kier molecular flexibility index (Phi) is 6.34. The number of carbonyl (C=O) groups is 1. The molecule has 1 unspecified atom stereocenters. The van der Waals surface area contributed by atoms with Crippen LogP contribution < -0.4 is 5.32 Å². The summed E-state index contributed by atoms with van der Waals surface area (Å²) < 4.78 is 13.1. The van der Waals surface area contributed by atoms with E-state index in [1.54, 1.807) is 6.20 Å². The Balaban J connectivity index is 1.45. The van der Waals surface area contributed by atoms with Gasteiger partial charge >= 0.3 is 0 Å². The molecule has 0 bridgehead atoms. The van der Waals surface area contributed by atoms with E-state index in [-0.39, 0.29) is 23.8 Å². The molecular weight excluding hydrogens is 391 g/mol. The molecule has 2 aromatic carbocycles. The predicted octanol–water partition coefficient (Wildman–Crippen LogP) is 4.08. The maximum atomic E-state index is 13.1. The van der Waals surface area contributed by atoms with E-state index in [0.717, 1.165) is 37.1 Å². The third-order valence-corrected chi connectivity index (χ3v) is 5.69. The first-order valence-electron chi connectivity index (χ1n) is 10.3. The van der Waals surface area contributed by atoms with E-state index in [2.05, 4.69) is 27.3 Å². The van der Waals surface area contributed by atoms with Crippen LogP contribution in [0.5, 0.6) is 0 Å². The Hall–Kier alpha value is -3.56. The number of benzene rings is 2. The van der Waals surface area contributed by atoms with Gasteiger partial charge in [0.15, 0.2) is 0 Å². The minimum Gasteiger partial charge on any atom is -0.349 e. The smallest absolute Gasteiger partial charge is 0.251 e. The average Bonchev–Trinajstić information content (AvgIpc) is 2.82. The molecule has 1 fully saturated rings. The second kappa shape index (κ2) is 9.50. The van der Waals surface area contributed by atoms with Gasteiger partial charge in [-0.2, -0.15) is 5.26 Å². The lowest BCUT2D eigenvalue weighted by molar-refractivity contribution is 0.0900. The van der Waals surface area contributed by atoms with E-state index in [4.69, 9.17) is 5.26 Å². The molecule has 6 heteroatoms. The lowest BCUT2D eigenvalue weighted by Gasteiger charge is -2.38. The number of amides is 1. The molecule has 1 aliphatic heterocycles. The molecule has 0 aliphatic carbocycles. The highest BCUT2D eigenvalue weighted by atomic mass is 19.1. The molecule has 31 heavy (non-hydrogen) atoms. The van der Waals surface area contributed by atoms with Crippen LogP contribution in [0.2, 0.25) is 0 Å². The van der Waals surface area contributed by atoms with E-state index in [0.29, 0.717) is 11.1 Å². The van der Waals surface area contributed by atoms with Gasteiger partial charge in [0, 0.05) is 37.1 Å². The number of nitrogens with one attached hydrogen (secondary N) is 1. The summed E-state index contributed by atoms with van der Waals surface area (Å²) in [5.41, 5.74) is 3.31. The average molecular weight is 414 g/mol. The SMILES string of the molecule is N#Cc1ccc(C(c2cccnc2)N2CCC(NC(=O)c3ccc(F)cc3)CC2)cc1. The number of rotatable bonds is 5. The minimum atomic E-state index is -0.353. The lowest BCUT2D eigenvalue weighted by Crippen LogP contribution is -2.45. The topological polar surface area (TPSA) is 69.0 Å². The number of piperidine rings is 1. The molecule has 156 valence electrons. The van der Waals surface area contributed by atoms with Crippen molar-refractivity contribution < 1.29 is 9.18 Å². The number of hydrogen-bond donors (Lipinski definition) is 1. The summed E-state index contributed by atoms with van der Waals surface area (Å²) in [6, 6.07) is 19.6. The van der Waals surface area contributed by atoms with E-state index < -0.39 is 0 Å². The Morgan fingerprint density at radius 2 is 1.77 bits per heavy atom. The van der Waals surface area contributed by atoms with Crippen molar-refractivity contribution in [1.29, 1.82) is 5.26 Å². The van der Waals surface area contributed by atoms with Crippen molar-refractivity contribution >= 4 is 5.91 Å². The molecule has 1 N–H and O–H groups in total. The van der Waals surface area contributed by atoms with Crippen LogP contribution in [0.3, 0.4) is 0 Å². The molecule has 0 radical (unpaired) electrons. The van der Waals surface area contributed by atoms with E-state index >= 15 is 0 Å². The Bertz CT molecular complexity index is 1050. The number of pyridine rings is 1. The minimum absolute atomic E-state index is 0.0372. The number of hydrogen-bond acceptors (Lipinski definition) is 4. The number of halogens is 1. The number of nitrogens with zero attached hydrogens (tertiary/aromatic N) is 3. The highest BCUT2D eigenvalue weighted by molar-refractivity contribution is 5.94.